The van der Waals surface area contributed by atoms with E-state index < -0.39 is 0 Å². The molecule has 0 spiro atoms. The summed E-state index contributed by atoms with van der Waals surface area (Å²) >= 11 is 0. The Balaban J connectivity index is 2.45. The van der Waals surface area contributed by atoms with Gasteiger partial charge in [0.05, 0.1) is 0 Å². The van der Waals surface area contributed by atoms with Crippen LogP contribution in [0.2, 0.25) is 0 Å². The third kappa shape index (κ3) is 2.69. The second-order valence-corrected chi connectivity index (χ2v) is 4.09. The largest absolute Gasteiger partial charge is 0.342 e. The van der Waals surface area contributed by atoms with Gasteiger partial charge in [-0.2, -0.15) is 0 Å². The number of hydrogen-bond donors (Lipinski definition) is 1. The Bertz CT molecular complexity index is 174. The van der Waals surface area contributed by atoms with Gasteiger partial charge in [-0.25, -0.2) is 0 Å². The van der Waals surface area contributed by atoms with Gasteiger partial charge in [0.2, 0.25) is 5.91 Å². The quantitative estimate of drug-likeness (QED) is 0.690. The van der Waals surface area contributed by atoms with Gasteiger partial charge >= 0.3 is 0 Å². The summed E-state index contributed by atoms with van der Waals surface area (Å²) in [4.78, 5) is 13.6. The van der Waals surface area contributed by atoms with E-state index in [-0.39, 0.29) is 11.8 Å². The Morgan fingerprint density at radius 2 is 1.92 bits per heavy atom. The third-order valence-corrected chi connectivity index (χ3v) is 2.70. The van der Waals surface area contributed by atoms with Crippen LogP contribution < -0.4 is 5.32 Å². The van der Waals surface area contributed by atoms with Gasteiger partial charge in [0.25, 0.3) is 0 Å². The molecule has 1 saturated heterocycles. The van der Waals surface area contributed by atoms with Crippen molar-refractivity contribution in [1.82, 2.24) is 10.2 Å². The molecule has 0 aromatic carbocycles. The SMILES string of the molecule is CC(C)C(=O)N(C)C1CCNCC1. The highest BCUT2D eigenvalue weighted by atomic mass is 16.2. The zero-order valence-electron chi connectivity index (χ0n) is 8.84. The molecule has 0 unspecified atom stereocenters. The minimum atomic E-state index is 0.125. The summed E-state index contributed by atoms with van der Waals surface area (Å²) in [5, 5.41) is 3.30. The summed E-state index contributed by atoms with van der Waals surface area (Å²) < 4.78 is 0. The summed E-state index contributed by atoms with van der Waals surface area (Å²) in [5.41, 5.74) is 0. The van der Waals surface area contributed by atoms with E-state index in [9.17, 15) is 4.79 Å². The smallest absolute Gasteiger partial charge is 0.225 e. The minimum absolute atomic E-state index is 0.125. The second-order valence-electron chi connectivity index (χ2n) is 4.09. The topological polar surface area (TPSA) is 32.3 Å². The Morgan fingerprint density at radius 1 is 1.38 bits per heavy atom. The van der Waals surface area contributed by atoms with Crippen LogP contribution in [0.4, 0.5) is 0 Å². The van der Waals surface area contributed by atoms with Gasteiger partial charge in [0.15, 0.2) is 0 Å². The second kappa shape index (κ2) is 4.61. The fourth-order valence-electron chi connectivity index (χ4n) is 1.78. The fourth-order valence-corrected chi connectivity index (χ4v) is 1.78. The van der Waals surface area contributed by atoms with Crippen molar-refractivity contribution in [3.05, 3.63) is 0 Å². The Kier molecular flexibility index (Phi) is 3.72. The summed E-state index contributed by atoms with van der Waals surface area (Å²) in [6, 6.07) is 0.455. The number of nitrogens with zero attached hydrogens (tertiary/aromatic N) is 1. The average molecular weight is 184 g/mol. The van der Waals surface area contributed by atoms with Gasteiger partial charge in [0, 0.05) is 19.0 Å². The lowest BCUT2D eigenvalue weighted by molar-refractivity contribution is -0.135. The lowest BCUT2D eigenvalue weighted by Crippen LogP contribution is -2.45. The number of hydrogen-bond acceptors (Lipinski definition) is 2. The van der Waals surface area contributed by atoms with E-state index in [1.54, 1.807) is 0 Å². The first-order chi connectivity index (χ1) is 6.13. The third-order valence-electron chi connectivity index (χ3n) is 2.70. The first kappa shape index (κ1) is 10.5. The van der Waals surface area contributed by atoms with Crippen molar-refractivity contribution >= 4 is 5.91 Å². The van der Waals surface area contributed by atoms with Crippen LogP contribution in [0.3, 0.4) is 0 Å². The van der Waals surface area contributed by atoms with E-state index in [1.165, 1.54) is 0 Å². The van der Waals surface area contributed by atoms with E-state index in [0.29, 0.717) is 6.04 Å². The number of carbonyl (C=O) groups excluding carboxylic acids is 1. The molecule has 0 aliphatic carbocycles. The highest BCUT2D eigenvalue weighted by molar-refractivity contribution is 5.78. The molecule has 3 heteroatoms. The molecule has 0 saturated carbocycles. The van der Waals surface area contributed by atoms with Crippen LogP contribution in [0.5, 0.6) is 0 Å². The molecule has 1 N–H and O–H groups in total. The molecule has 1 aliphatic heterocycles. The van der Waals surface area contributed by atoms with Crippen molar-refractivity contribution in [2.45, 2.75) is 32.7 Å². The normalized spacial score (nSPS) is 19.1. The van der Waals surface area contributed by atoms with Crippen LogP contribution in [-0.2, 0) is 4.79 Å². The average Bonchev–Trinajstić information content (AvgIpc) is 2.17. The van der Waals surface area contributed by atoms with Crippen LogP contribution >= 0.6 is 0 Å². The lowest BCUT2D eigenvalue weighted by Gasteiger charge is -2.32. The van der Waals surface area contributed by atoms with E-state index in [1.807, 2.05) is 25.8 Å². The van der Waals surface area contributed by atoms with E-state index in [0.717, 1.165) is 25.9 Å². The molecular formula is C10H20N2O. The van der Waals surface area contributed by atoms with Crippen molar-refractivity contribution in [2.24, 2.45) is 5.92 Å². The van der Waals surface area contributed by atoms with E-state index in [2.05, 4.69) is 5.32 Å². The summed E-state index contributed by atoms with van der Waals surface area (Å²) in [5.74, 6) is 0.395. The number of rotatable bonds is 2. The highest BCUT2D eigenvalue weighted by Gasteiger charge is 2.23. The summed E-state index contributed by atoms with van der Waals surface area (Å²) in [6.45, 7) is 6.00. The predicted octanol–water partition coefficient (Wildman–Crippen LogP) is 0.853. The maximum absolute atomic E-state index is 11.6. The van der Waals surface area contributed by atoms with Gasteiger partial charge in [-0.1, -0.05) is 13.8 Å². The van der Waals surface area contributed by atoms with Gasteiger partial charge in [0.1, 0.15) is 0 Å². The standard InChI is InChI=1S/C10H20N2O/c1-8(2)10(13)12(3)9-4-6-11-7-5-9/h8-9,11H,4-7H2,1-3H3. The van der Waals surface area contributed by atoms with Crippen LogP contribution in [0, 0.1) is 5.92 Å². The number of nitrogens with one attached hydrogen (secondary N) is 1. The molecule has 76 valence electrons. The highest BCUT2D eigenvalue weighted by Crippen LogP contribution is 2.12. The van der Waals surface area contributed by atoms with Gasteiger partial charge < -0.3 is 10.2 Å². The molecule has 0 radical (unpaired) electrons. The molecule has 0 aromatic rings. The number of piperidine rings is 1. The Hall–Kier alpha value is -0.570. The van der Waals surface area contributed by atoms with Gasteiger partial charge in [-0.15, -0.1) is 0 Å². The molecular weight excluding hydrogens is 164 g/mol. The molecule has 1 rings (SSSR count). The van der Waals surface area contributed by atoms with Gasteiger partial charge in [-0.05, 0) is 25.9 Å². The zero-order valence-corrected chi connectivity index (χ0v) is 8.84. The van der Waals surface area contributed by atoms with Crippen molar-refractivity contribution in [3.63, 3.8) is 0 Å². The number of amides is 1. The van der Waals surface area contributed by atoms with E-state index in [4.69, 9.17) is 0 Å². The summed E-state index contributed by atoms with van der Waals surface area (Å²) in [6.07, 6.45) is 2.18. The molecule has 0 atom stereocenters. The van der Waals surface area contributed by atoms with Crippen molar-refractivity contribution in [1.29, 1.82) is 0 Å². The van der Waals surface area contributed by atoms with Crippen LogP contribution in [0.25, 0.3) is 0 Å². The van der Waals surface area contributed by atoms with Crippen molar-refractivity contribution in [3.8, 4) is 0 Å². The molecule has 1 amide bonds. The first-order valence-corrected chi connectivity index (χ1v) is 5.10. The molecule has 3 nitrogen and oxygen atoms in total. The van der Waals surface area contributed by atoms with Crippen molar-refractivity contribution < 1.29 is 4.79 Å². The maximum Gasteiger partial charge on any atom is 0.225 e. The molecule has 1 heterocycles. The van der Waals surface area contributed by atoms with E-state index >= 15 is 0 Å². The molecule has 0 aromatic heterocycles. The maximum atomic E-state index is 11.6. The monoisotopic (exact) mass is 184 g/mol. The predicted molar refractivity (Wildman–Crippen MR) is 53.5 cm³/mol. The fraction of sp³-hybridized carbons (Fsp3) is 0.900. The molecule has 0 bridgehead atoms. The van der Waals surface area contributed by atoms with Crippen LogP contribution in [0.1, 0.15) is 26.7 Å². The molecule has 1 fully saturated rings. The first-order valence-electron chi connectivity index (χ1n) is 5.10. The Morgan fingerprint density at radius 3 is 2.38 bits per heavy atom. The van der Waals surface area contributed by atoms with Gasteiger partial charge in [-0.3, -0.25) is 4.79 Å². The minimum Gasteiger partial charge on any atom is -0.342 e. The van der Waals surface area contributed by atoms with Crippen LogP contribution in [-0.4, -0.2) is 37.0 Å². The molecule has 1 aliphatic rings. The Labute approximate surface area is 80.5 Å². The lowest BCUT2D eigenvalue weighted by atomic mass is 10.0. The van der Waals surface area contributed by atoms with Crippen LogP contribution in [0.15, 0.2) is 0 Å². The van der Waals surface area contributed by atoms with Crippen molar-refractivity contribution in [2.75, 3.05) is 20.1 Å². The molecule has 13 heavy (non-hydrogen) atoms. The zero-order chi connectivity index (χ0) is 9.84. The number of carbonyl (C=O) groups is 1. The summed E-state index contributed by atoms with van der Waals surface area (Å²) in [7, 11) is 1.93.